The summed E-state index contributed by atoms with van der Waals surface area (Å²) >= 11 is 0. The average Bonchev–Trinajstić information content (AvgIpc) is 2.81. The Morgan fingerprint density at radius 2 is 2.27 bits per heavy atom. The number of morpholine rings is 1. The zero-order valence-corrected chi connectivity index (χ0v) is 8.85. The molecule has 1 amide bonds. The van der Waals surface area contributed by atoms with Crippen molar-refractivity contribution in [2.45, 2.75) is 25.0 Å². The Kier molecular flexibility index (Phi) is 3.56. The molecule has 2 rings (SSSR count). The predicted octanol–water partition coefficient (Wildman–Crippen LogP) is -0.648. The van der Waals surface area contributed by atoms with Gasteiger partial charge >= 0.3 is 0 Å². The highest BCUT2D eigenvalue weighted by Gasteiger charge is 2.31. The molecule has 0 bridgehead atoms. The van der Waals surface area contributed by atoms with Gasteiger partial charge in [-0.2, -0.15) is 0 Å². The summed E-state index contributed by atoms with van der Waals surface area (Å²) in [5, 5.41) is 0. The normalized spacial score (nSPS) is 31.9. The average molecular weight is 214 g/mol. The lowest BCUT2D eigenvalue weighted by Crippen LogP contribution is -2.51. The lowest BCUT2D eigenvalue weighted by molar-refractivity contribution is -0.148. The molecule has 2 aliphatic heterocycles. The van der Waals surface area contributed by atoms with Crippen molar-refractivity contribution in [1.29, 1.82) is 0 Å². The molecule has 5 nitrogen and oxygen atoms in total. The third-order valence-corrected chi connectivity index (χ3v) is 2.92. The summed E-state index contributed by atoms with van der Waals surface area (Å²) < 4.78 is 10.8. The van der Waals surface area contributed by atoms with Gasteiger partial charge in [-0.25, -0.2) is 0 Å². The minimum Gasteiger partial charge on any atom is -0.373 e. The maximum Gasteiger partial charge on any atom is 0.251 e. The third kappa shape index (κ3) is 2.48. The van der Waals surface area contributed by atoms with Gasteiger partial charge in [-0.1, -0.05) is 0 Å². The molecule has 2 aliphatic rings. The Labute approximate surface area is 89.5 Å². The summed E-state index contributed by atoms with van der Waals surface area (Å²) in [6.45, 7) is 3.03. The van der Waals surface area contributed by atoms with Gasteiger partial charge in [0.1, 0.15) is 6.10 Å². The van der Waals surface area contributed by atoms with Crippen LogP contribution in [0.3, 0.4) is 0 Å². The number of hydrogen-bond donors (Lipinski definition) is 1. The van der Waals surface area contributed by atoms with Crippen molar-refractivity contribution in [2.24, 2.45) is 5.73 Å². The number of nitrogens with two attached hydrogens (primary N) is 1. The van der Waals surface area contributed by atoms with E-state index in [9.17, 15) is 4.79 Å². The van der Waals surface area contributed by atoms with Crippen molar-refractivity contribution in [3.8, 4) is 0 Å². The molecule has 0 saturated carbocycles. The Morgan fingerprint density at radius 3 is 2.93 bits per heavy atom. The molecule has 0 aromatic heterocycles. The summed E-state index contributed by atoms with van der Waals surface area (Å²) in [5.41, 5.74) is 5.52. The molecule has 2 unspecified atom stereocenters. The Bertz CT molecular complexity index is 229. The number of amides is 1. The lowest BCUT2D eigenvalue weighted by atomic mass is 10.2. The van der Waals surface area contributed by atoms with Crippen molar-refractivity contribution in [3.05, 3.63) is 0 Å². The van der Waals surface area contributed by atoms with Crippen LogP contribution < -0.4 is 5.73 Å². The Morgan fingerprint density at radius 1 is 1.40 bits per heavy atom. The van der Waals surface area contributed by atoms with Crippen LogP contribution in [0.1, 0.15) is 12.8 Å². The van der Waals surface area contributed by atoms with Gasteiger partial charge in [-0.15, -0.1) is 0 Å². The molecule has 2 fully saturated rings. The van der Waals surface area contributed by atoms with Crippen LogP contribution in [-0.2, 0) is 14.3 Å². The number of hydrogen-bond acceptors (Lipinski definition) is 4. The smallest absolute Gasteiger partial charge is 0.251 e. The van der Waals surface area contributed by atoms with Crippen LogP contribution >= 0.6 is 0 Å². The quantitative estimate of drug-likeness (QED) is 0.663. The highest BCUT2D eigenvalue weighted by Crippen LogP contribution is 2.16. The highest BCUT2D eigenvalue weighted by atomic mass is 16.5. The second kappa shape index (κ2) is 4.92. The minimum atomic E-state index is -0.221. The zero-order valence-electron chi connectivity index (χ0n) is 8.85. The van der Waals surface area contributed by atoms with Crippen LogP contribution in [-0.4, -0.2) is 55.9 Å². The largest absolute Gasteiger partial charge is 0.373 e. The van der Waals surface area contributed by atoms with E-state index in [0.29, 0.717) is 32.8 Å². The molecular formula is C10H18N2O3. The van der Waals surface area contributed by atoms with E-state index < -0.39 is 0 Å². The maximum absolute atomic E-state index is 12.0. The maximum atomic E-state index is 12.0. The first-order valence-electron chi connectivity index (χ1n) is 5.53. The van der Waals surface area contributed by atoms with E-state index in [2.05, 4.69) is 0 Å². The molecule has 0 spiro atoms. The van der Waals surface area contributed by atoms with E-state index in [4.69, 9.17) is 15.2 Å². The van der Waals surface area contributed by atoms with Gasteiger partial charge in [-0.05, 0) is 12.8 Å². The molecule has 0 aromatic carbocycles. The van der Waals surface area contributed by atoms with Gasteiger partial charge in [0.2, 0.25) is 0 Å². The van der Waals surface area contributed by atoms with Crippen LogP contribution in [0.2, 0.25) is 0 Å². The van der Waals surface area contributed by atoms with Gasteiger partial charge in [0.25, 0.3) is 5.91 Å². The molecule has 2 saturated heterocycles. The monoisotopic (exact) mass is 214 g/mol. The van der Waals surface area contributed by atoms with Gasteiger partial charge in [0.05, 0.1) is 12.7 Å². The van der Waals surface area contributed by atoms with E-state index >= 15 is 0 Å². The van der Waals surface area contributed by atoms with Crippen molar-refractivity contribution in [2.75, 3.05) is 32.8 Å². The van der Waals surface area contributed by atoms with Crippen LogP contribution in [0.4, 0.5) is 0 Å². The second-order valence-electron chi connectivity index (χ2n) is 4.01. The van der Waals surface area contributed by atoms with E-state index in [0.717, 1.165) is 12.8 Å². The molecule has 0 aromatic rings. The summed E-state index contributed by atoms with van der Waals surface area (Å²) in [4.78, 5) is 13.8. The summed E-state index contributed by atoms with van der Waals surface area (Å²) in [5.74, 6) is 0.106. The topological polar surface area (TPSA) is 64.8 Å². The molecule has 2 N–H and O–H groups in total. The minimum absolute atomic E-state index is 0.0101. The fourth-order valence-corrected chi connectivity index (χ4v) is 2.04. The van der Waals surface area contributed by atoms with E-state index in [1.54, 1.807) is 0 Å². The number of carbonyl (C=O) groups excluding carboxylic acids is 1. The first-order chi connectivity index (χ1) is 7.31. The lowest BCUT2D eigenvalue weighted by Gasteiger charge is -2.33. The summed E-state index contributed by atoms with van der Waals surface area (Å²) in [7, 11) is 0. The van der Waals surface area contributed by atoms with E-state index in [-0.39, 0.29) is 18.1 Å². The first kappa shape index (κ1) is 10.9. The van der Waals surface area contributed by atoms with Crippen LogP contribution in [0.25, 0.3) is 0 Å². The van der Waals surface area contributed by atoms with E-state index in [1.807, 2.05) is 4.90 Å². The second-order valence-corrected chi connectivity index (χ2v) is 4.01. The predicted molar refractivity (Wildman–Crippen MR) is 54.3 cm³/mol. The standard InChI is InChI=1S/C10H18N2O3/c11-6-8-7-12(3-5-14-8)10(13)9-2-1-4-15-9/h8-9H,1-7,11H2. The zero-order chi connectivity index (χ0) is 10.7. The molecule has 2 atom stereocenters. The van der Waals surface area contributed by atoms with Crippen molar-refractivity contribution in [1.82, 2.24) is 4.90 Å². The molecule has 0 radical (unpaired) electrons. The number of nitrogens with zero attached hydrogens (tertiary/aromatic N) is 1. The summed E-state index contributed by atoms with van der Waals surface area (Å²) in [6, 6.07) is 0. The molecule has 15 heavy (non-hydrogen) atoms. The van der Waals surface area contributed by atoms with Crippen LogP contribution in [0, 0.1) is 0 Å². The summed E-state index contributed by atoms with van der Waals surface area (Å²) in [6.07, 6.45) is 1.61. The number of rotatable bonds is 2. The highest BCUT2D eigenvalue weighted by molar-refractivity contribution is 5.81. The molecule has 86 valence electrons. The van der Waals surface area contributed by atoms with Gasteiger partial charge in [0.15, 0.2) is 0 Å². The molecule has 0 aliphatic carbocycles. The van der Waals surface area contributed by atoms with Crippen molar-refractivity contribution < 1.29 is 14.3 Å². The fourth-order valence-electron chi connectivity index (χ4n) is 2.04. The van der Waals surface area contributed by atoms with Crippen molar-refractivity contribution in [3.63, 3.8) is 0 Å². The SMILES string of the molecule is NCC1CN(C(=O)C2CCCO2)CCO1. The Hall–Kier alpha value is -0.650. The molecule has 2 heterocycles. The van der Waals surface area contributed by atoms with Gasteiger partial charge < -0.3 is 20.1 Å². The van der Waals surface area contributed by atoms with Crippen LogP contribution in [0.5, 0.6) is 0 Å². The third-order valence-electron chi connectivity index (χ3n) is 2.92. The van der Waals surface area contributed by atoms with E-state index in [1.165, 1.54) is 0 Å². The number of ether oxygens (including phenoxy) is 2. The number of carbonyl (C=O) groups is 1. The molecule has 5 heteroatoms. The van der Waals surface area contributed by atoms with Gasteiger partial charge in [0, 0.05) is 26.2 Å². The van der Waals surface area contributed by atoms with Crippen LogP contribution in [0.15, 0.2) is 0 Å². The Balaban J connectivity index is 1.88. The first-order valence-corrected chi connectivity index (χ1v) is 5.53. The molecular weight excluding hydrogens is 196 g/mol. The fraction of sp³-hybridized carbons (Fsp3) is 0.900. The van der Waals surface area contributed by atoms with Gasteiger partial charge in [-0.3, -0.25) is 4.79 Å². The van der Waals surface area contributed by atoms with Crippen molar-refractivity contribution >= 4 is 5.91 Å².